The monoisotopic (exact) mass is 1090 g/mol. The molecule has 0 aliphatic carbocycles. The van der Waals surface area contributed by atoms with Crippen LogP contribution < -0.4 is 0 Å². The number of carbonyl (C=O) groups excluding carboxylic acids is 1. The zero-order chi connectivity index (χ0) is 52.9. The minimum Gasteiger partial charge on any atom is -0.459 e. The van der Waals surface area contributed by atoms with E-state index in [4.69, 9.17) is 77.6 Å². The molecule has 3 spiro atoms. The van der Waals surface area contributed by atoms with E-state index in [0.717, 1.165) is 43.3 Å². The lowest BCUT2D eigenvalue weighted by Gasteiger charge is -2.52. The number of ether oxygens (including phenoxy) is 15. The number of carbonyl (C=O) groups is 1. The first kappa shape index (κ1) is 51.9. The Morgan fingerprint density at radius 3 is 2.17 bits per heavy atom. The van der Waals surface area contributed by atoms with Crippen molar-refractivity contribution in [3.8, 4) is 0 Å². The topological polar surface area (TPSA) is 216 Å². The zero-order valence-corrected chi connectivity index (χ0v) is 45.3. The number of aliphatic hydroxyl groups is 3. The van der Waals surface area contributed by atoms with Crippen molar-refractivity contribution >= 4 is 5.97 Å². The second kappa shape index (κ2) is 18.9. The van der Waals surface area contributed by atoms with Gasteiger partial charge in [0.25, 0.3) is 0 Å². The van der Waals surface area contributed by atoms with Gasteiger partial charge in [0.15, 0.2) is 23.7 Å². The van der Waals surface area contributed by atoms with Gasteiger partial charge in [0.05, 0.1) is 117 Å². The van der Waals surface area contributed by atoms with Crippen LogP contribution in [0.4, 0.5) is 0 Å². The quantitative estimate of drug-likeness (QED) is 0.264. The van der Waals surface area contributed by atoms with E-state index in [9.17, 15) is 20.1 Å². The molecule has 17 rings (SSSR count). The van der Waals surface area contributed by atoms with Crippen molar-refractivity contribution < 1.29 is 91.2 Å². The lowest BCUT2D eigenvalue weighted by molar-refractivity contribution is -0.379. The maximum absolute atomic E-state index is 14.5. The zero-order valence-electron chi connectivity index (χ0n) is 45.3. The fraction of sp³-hybridized carbons (Fsp3) is 0.915. The second-order valence-corrected chi connectivity index (χ2v) is 27.5. The van der Waals surface area contributed by atoms with Gasteiger partial charge in [-0.1, -0.05) is 33.9 Å². The third-order valence-electron chi connectivity index (χ3n) is 22.5. The first-order chi connectivity index (χ1) is 37.6. The highest BCUT2D eigenvalue weighted by Crippen LogP contribution is 2.61. The summed E-state index contributed by atoms with van der Waals surface area (Å²) < 4.78 is 105. The molecule has 0 saturated carbocycles. The van der Waals surface area contributed by atoms with Crippen LogP contribution in [-0.4, -0.2) is 192 Å². The van der Waals surface area contributed by atoms with Gasteiger partial charge in [0.2, 0.25) is 0 Å². The lowest BCUT2D eigenvalue weighted by Crippen LogP contribution is -2.63. The van der Waals surface area contributed by atoms with Crippen LogP contribution in [0.15, 0.2) is 24.3 Å². The molecule has 33 atom stereocenters. The minimum atomic E-state index is -1.02. The highest BCUT2D eigenvalue weighted by Gasteiger charge is 2.72. The summed E-state index contributed by atoms with van der Waals surface area (Å²) in [5, 5.41) is 30.4. The second-order valence-electron chi connectivity index (χ2n) is 27.5. The normalized spacial score (nSPS) is 59.0. The van der Waals surface area contributed by atoms with Crippen LogP contribution in [0.1, 0.15) is 130 Å². The summed E-state index contributed by atoms with van der Waals surface area (Å²) in [5.41, 5.74) is 2.11. The molecule has 17 saturated heterocycles. The van der Waals surface area contributed by atoms with Gasteiger partial charge in [-0.15, -0.1) is 0 Å². The van der Waals surface area contributed by atoms with Crippen molar-refractivity contribution in [2.75, 3.05) is 6.61 Å². The molecule has 0 aromatic heterocycles. The average molecular weight is 1100 g/mol. The van der Waals surface area contributed by atoms with Crippen molar-refractivity contribution in [1.29, 1.82) is 0 Å². The predicted molar refractivity (Wildman–Crippen MR) is 267 cm³/mol. The predicted octanol–water partition coefficient (Wildman–Crippen LogP) is 4.35. The molecule has 432 valence electrons. The molecule has 17 aliphatic heterocycles. The number of rotatable bonds is 4. The SMILES string of the molecule is C=C1CC2CC3C4CC(CCC1O2)OC(CC1OC2CC5OC6(CC5OC2C(C)C1OC(=O)CC1CCC2OC5C7OC38CC7OC5C(O8)C2O1)CC1OC2(CC(C)C3CC(C(O)CC(O)CO)OC3O2)CC(C)C1O6)C4=C. The summed E-state index contributed by atoms with van der Waals surface area (Å²) in [6.07, 6.45) is 0.821. The van der Waals surface area contributed by atoms with E-state index in [-0.39, 0.29) is 140 Å². The minimum absolute atomic E-state index is 0.0324. The van der Waals surface area contributed by atoms with Gasteiger partial charge in [-0.05, 0) is 80.3 Å². The van der Waals surface area contributed by atoms with E-state index in [1.165, 1.54) is 0 Å². The molecule has 3 N–H and O–H groups in total. The molecular weight excluding hydrogens is 1010 g/mol. The third kappa shape index (κ3) is 8.29. The summed E-state index contributed by atoms with van der Waals surface area (Å²) in [5.74, 6) is -3.22. The first-order valence-corrected chi connectivity index (χ1v) is 30.4. The van der Waals surface area contributed by atoms with Crippen LogP contribution in [0.5, 0.6) is 0 Å². The number of esters is 1. The van der Waals surface area contributed by atoms with Gasteiger partial charge >= 0.3 is 5.97 Å². The molecule has 0 amide bonds. The summed E-state index contributed by atoms with van der Waals surface area (Å²) in [6, 6.07) is 0. The summed E-state index contributed by atoms with van der Waals surface area (Å²) >= 11 is 0. The summed E-state index contributed by atoms with van der Waals surface area (Å²) in [4.78, 5) is 14.5. The Hall–Kier alpha value is -1.73. The standard InChI is InChI=1S/C59H82O19/c1-24-10-32-13-35-34-12-30(6-8-37(24)65-32)64-39(27(34)4)16-42-50(72-47(63)14-31-7-9-38-51(66-31)55-54-53(68-38)52-45(70-54)22-59(35,76-52)77-55)28(5)49-43(67-42)17-41-44(69-49)20-58(73-41)21-46-48(75-58)26(3)19-57(74-46)18-25(2)33-15-40(71-56(33)78-57)36(62)11-29(61)23-60/h25-26,28-46,48-56,60-62H,1,4,6-23H2,2-3,5H3. The maximum Gasteiger partial charge on any atom is 0.308 e. The molecule has 17 heterocycles. The van der Waals surface area contributed by atoms with Crippen LogP contribution in [0, 0.1) is 35.5 Å². The first-order valence-electron chi connectivity index (χ1n) is 30.4. The van der Waals surface area contributed by atoms with Crippen LogP contribution in [0.2, 0.25) is 0 Å². The lowest BCUT2D eigenvalue weighted by atomic mass is 9.69. The average Bonchev–Trinajstić information content (AvgIpc) is 4.29. The molecule has 33 unspecified atom stereocenters. The molecule has 13 bridgehead atoms. The van der Waals surface area contributed by atoms with E-state index in [0.29, 0.717) is 64.2 Å². The molecule has 17 aliphatic rings. The Morgan fingerprint density at radius 1 is 0.551 bits per heavy atom. The molecule has 19 heteroatoms. The Morgan fingerprint density at radius 2 is 1.29 bits per heavy atom. The van der Waals surface area contributed by atoms with Crippen LogP contribution in [0.25, 0.3) is 0 Å². The number of hydrogen-bond acceptors (Lipinski definition) is 19. The van der Waals surface area contributed by atoms with Crippen molar-refractivity contribution in [2.45, 2.75) is 294 Å². The van der Waals surface area contributed by atoms with E-state index in [1.54, 1.807) is 0 Å². The van der Waals surface area contributed by atoms with Crippen molar-refractivity contribution in [3.63, 3.8) is 0 Å². The Kier molecular flexibility index (Phi) is 12.6. The van der Waals surface area contributed by atoms with Crippen molar-refractivity contribution in [3.05, 3.63) is 24.3 Å². The highest BCUT2D eigenvalue weighted by atomic mass is 16.8. The van der Waals surface area contributed by atoms with E-state index in [1.807, 2.05) is 0 Å². The van der Waals surface area contributed by atoms with Crippen molar-refractivity contribution in [2.24, 2.45) is 35.5 Å². The summed E-state index contributed by atoms with van der Waals surface area (Å²) in [7, 11) is 0. The van der Waals surface area contributed by atoms with Crippen LogP contribution in [-0.2, 0) is 75.8 Å². The molecule has 0 aromatic rings. The van der Waals surface area contributed by atoms with Gasteiger partial charge in [-0.3, -0.25) is 4.79 Å². The van der Waals surface area contributed by atoms with Crippen molar-refractivity contribution in [1.82, 2.24) is 0 Å². The molecule has 78 heavy (non-hydrogen) atoms. The highest BCUT2D eigenvalue weighted by molar-refractivity contribution is 5.70. The van der Waals surface area contributed by atoms with Gasteiger partial charge in [-0.25, -0.2) is 0 Å². The fourth-order valence-corrected chi connectivity index (χ4v) is 18.9. The molecule has 19 nitrogen and oxygen atoms in total. The van der Waals surface area contributed by atoms with Gasteiger partial charge < -0.3 is 86.4 Å². The molecule has 0 radical (unpaired) electrons. The molecular formula is C59H82O19. The largest absolute Gasteiger partial charge is 0.459 e. The number of fused-ring (bicyclic) bond motifs is 10. The number of hydrogen-bond donors (Lipinski definition) is 3. The van der Waals surface area contributed by atoms with E-state index < -0.39 is 85.2 Å². The third-order valence-corrected chi connectivity index (χ3v) is 22.5. The van der Waals surface area contributed by atoms with Gasteiger partial charge in [0, 0.05) is 69.1 Å². The smallest absolute Gasteiger partial charge is 0.308 e. The molecule has 0 aromatic carbocycles. The van der Waals surface area contributed by atoms with Gasteiger partial charge in [0.1, 0.15) is 36.6 Å². The van der Waals surface area contributed by atoms with E-state index >= 15 is 0 Å². The van der Waals surface area contributed by atoms with E-state index in [2.05, 4.69) is 27.4 Å². The molecule has 17 fully saturated rings. The Balaban J connectivity index is 0.662. The summed E-state index contributed by atoms with van der Waals surface area (Å²) in [6.45, 7) is 15.6. The van der Waals surface area contributed by atoms with Gasteiger partial charge in [-0.2, -0.15) is 0 Å². The maximum atomic E-state index is 14.5. The van der Waals surface area contributed by atoms with Crippen LogP contribution >= 0.6 is 0 Å². The van der Waals surface area contributed by atoms with Crippen LogP contribution in [0.3, 0.4) is 0 Å². The number of aliphatic hydroxyl groups excluding tert-OH is 3. The Labute approximate surface area is 456 Å². The fourth-order valence-electron chi connectivity index (χ4n) is 18.9. The Bertz CT molecular complexity index is 2380.